The number of halogens is 2. The highest BCUT2D eigenvalue weighted by Crippen LogP contribution is 2.32. The van der Waals surface area contributed by atoms with E-state index in [1.54, 1.807) is 36.4 Å². The van der Waals surface area contributed by atoms with Gasteiger partial charge in [-0.15, -0.1) is 0 Å². The maximum Gasteiger partial charge on any atom is 0.262 e. The van der Waals surface area contributed by atoms with Gasteiger partial charge in [0.1, 0.15) is 11.3 Å². The van der Waals surface area contributed by atoms with Gasteiger partial charge in [-0.2, -0.15) is 0 Å². The molecule has 0 aliphatic rings. The van der Waals surface area contributed by atoms with E-state index >= 15 is 0 Å². The van der Waals surface area contributed by atoms with Crippen molar-refractivity contribution in [3.05, 3.63) is 76.3 Å². The number of anilines is 1. The van der Waals surface area contributed by atoms with Crippen molar-refractivity contribution in [1.29, 1.82) is 0 Å². The number of amides is 1. The van der Waals surface area contributed by atoms with Gasteiger partial charge in [-0.3, -0.25) is 4.79 Å². The van der Waals surface area contributed by atoms with Crippen LogP contribution < -0.4 is 10.1 Å². The van der Waals surface area contributed by atoms with Gasteiger partial charge < -0.3 is 14.5 Å². The normalized spacial score (nSPS) is 12.0. The Morgan fingerprint density at radius 1 is 1.09 bits per heavy atom. The van der Waals surface area contributed by atoms with Gasteiger partial charge in [0, 0.05) is 10.7 Å². The number of carbonyl (C=O) groups is 1. The third kappa shape index (κ3) is 5.06. The van der Waals surface area contributed by atoms with Crippen LogP contribution in [0.5, 0.6) is 5.75 Å². The molecule has 4 aromatic rings. The number of hydrogen-bond donors (Lipinski definition) is 1. The quantitative estimate of drug-likeness (QED) is 0.308. The standard InChI is InChI=1S/C25H22Cl2N2O3/c1-3-15(2)16-4-8-19(9-5-16)31-14-24(30)28-18-7-11-23-22(13-18)29-25(32-23)20-10-6-17(26)12-21(20)27/h4-13,15H,3,14H2,1-2H3,(H,28,30)/t15-/m0/s1. The number of fused-ring (bicyclic) bond motifs is 1. The second-order valence-electron chi connectivity index (χ2n) is 7.54. The van der Waals surface area contributed by atoms with Gasteiger partial charge >= 0.3 is 0 Å². The van der Waals surface area contributed by atoms with Gasteiger partial charge in [-0.05, 0) is 66.4 Å². The summed E-state index contributed by atoms with van der Waals surface area (Å²) < 4.78 is 11.4. The minimum Gasteiger partial charge on any atom is -0.484 e. The Labute approximate surface area is 196 Å². The molecule has 1 aromatic heterocycles. The molecule has 164 valence electrons. The molecule has 1 atom stereocenters. The Morgan fingerprint density at radius 2 is 1.88 bits per heavy atom. The summed E-state index contributed by atoms with van der Waals surface area (Å²) in [6.07, 6.45) is 1.08. The lowest BCUT2D eigenvalue weighted by Gasteiger charge is -2.11. The van der Waals surface area contributed by atoms with E-state index in [4.69, 9.17) is 32.4 Å². The second-order valence-corrected chi connectivity index (χ2v) is 8.38. The summed E-state index contributed by atoms with van der Waals surface area (Å²) in [5.74, 6) is 1.27. The van der Waals surface area contributed by atoms with E-state index < -0.39 is 0 Å². The first-order valence-corrected chi connectivity index (χ1v) is 11.1. The maximum atomic E-state index is 12.3. The van der Waals surface area contributed by atoms with E-state index in [2.05, 4.69) is 24.1 Å². The number of hydrogen-bond acceptors (Lipinski definition) is 4. The molecular weight excluding hydrogens is 447 g/mol. The van der Waals surface area contributed by atoms with E-state index in [0.29, 0.717) is 50.0 Å². The summed E-state index contributed by atoms with van der Waals surface area (Å²) in [4.78, 5) is 16.8. The van der Waals surface area contributed by atoms with Crippen molar-refractivity contribution in [1.82, 2.24) is 4.98 Å². The predicted molar refractivity (Wildman–Crippen MR) is 129 cm³/mol. The zero-order chi connectivity index (χ0) is 22.7. The Kier molecular flexibility index (Phi) is 6.68. The van der Waals surface area contributed by atoms with Crippen LogP contribution in [0, 0.1) is 0 Å². The molecule has 0 saturated carbocycles. The van der Waals surface area contributed by atoms with Crippen LogP contribution in [0.4, 0.5) is 5.69 Å². The van der Waals surface area contributed by atoms with Crippen LogP contribution in [0.2, 0.25) is 10.0 Å². The van der Waals surface area contributed by atoms with E-state index in [-0.39, 0.29) is 12.5 Å². The zero-order valence-electron chi connectivity index (χ0n) is 17.7. The van der Waals surface area contributed by atoms with Crippen molar-refractivity contribution >= 4 is 45.9 Å². The Bertz CT molecular complexity index is 1250. The molecule has 5 nitrogen and oxygen atoms in total. The SMILES string of the molecule is CC[C@H](C)c1ccc(OCC(=O)Nc2ccc3oc(-c4ccc(Cl)cc4Cl)nc3c2)cc1. The summed E-state index contributed by atoms with van der Waals surface area (Å²) >= 11 is 12.2. The number of aromatic nitrogens is 1. The van der Waals surface area contributed by atoms with Gasteiger partial charge in [-0.1, -0.05) is 49.2 Å². The fraction of sp³-hybridized carbons (Fsp3) is 0.200. The first-order valence-electron chi connectivity index (χ1n) is 10.3. The molecule has 1 heterocycles. The fourth-order valence-electron chi connectivity index (χ4n) is 3.26. The fourth-order valence-corrected chi connectivity index (χ4v) is 3.75. The number of rotatable bonds is 7. The van der Waals surface area contributed by atoms with Crippen molar-refractivity contribution < 1.29 is 13.9 Å². The van der Waals surface area contributed by atoms with Crippen LogP contribution >= 0.6 is 23.2 Å². The zero-order valence-corrected chi connectivity index (χ0v) is 19.2. The lowest BCUT2D eigenvalue weighted by molar-refractivity contribution is -0.118. The molecule has 0 saturated heterocycles. The van der Waals surface area contributed by atoms with E-state index in [9.17, 15) is 4.79 Å². The monoisotopic (exact) mass is 468 g/mol. The lowest BCUT2D eigenvalue weighted by Crippen LogP contribution is -2.20. The predicted octanol–water partition coefficient (Wildman–Crippen LogP) is 7.33. The van der Waals surface area contributed by atoms with Crippen LogP contribution in [-0.2, 0) is 4.79 Å². The summed E-state index contributed by atoms with van der Waals surface area (Å²) in [6.45, 7) is 4.25. The second kappa shape index (κ2) is 9.63. The third-order valence-electron chi connectivity index (χ3n) is 5.26. The molecule has 1 amide bonds. The molecule has 0 aliphatic carbocycles. The molecule has 4 rings (SSSR count). The number of oxazole rings is 1. The van der Waals surface area contributed by atoms with Crippen LogP contribution in [-0.4, -0.2) is 17.5 Å². The third-order valence-corrected chi connectivity index (χ3v) is 5.81. The number of carbonyl (C=O) groups excluding carboxylic acids is 1. The summed E-state index contributed by atoms with van der Waals surface area (Å²) in [6, 6.07) is 18.2. The van der Waals surface area contributed by atoms with Crippen LogP contribution in [0.3, 0.4) is 0 Å². The molecule has 0 fully saturated rings. The van der Waals surface area contributed by atoms with Crippen molar-refractivity contribution in [2.75, 3.05) is 11.9 Å². The molecule has 32 heavy (non-hydrogen) atoms. The summed E-state index contributed by atoms with van der Waals surface area (Å²) in [5.41, 5.74) is 3.68. The number of benzene rings is 3. The molecule has 0 aliphatic heterocycles. The van der Waals surface area contributed by atoms with E-state index in [1.807, 2.05) is 24.3 Å². The molecule has 1 N–H and O–H groups in total. The minimum absolute atomic E-state index is 0.0921. The molecule has 0 radical (unpaired) electrons. The average molecular weight is 469 g/mol. The molecule has 0 spiro atoms. The van der Waals surface area contributed by atoms with Crippen LogP contribution in [0.1, 0.15) is 31.7 Å². The molecule has 0 bridgehead atoms. The van der Waals surface area contributed by atoms with Crippen molar-refractivity contribution in [3.63, 3.8) is 0 Å². The largest absolute Gasteiger partial charge is 0.484 e. The van der Waals surface area contributed by atoms with E-state index in [1.165, 1.54) is 5.56 Å². The average Bonchev–Trinajstić information content (AvgIpc) is 3.20. The lowest BCUT2D eigenvalue weighted by atomic mass is 9.99. The molecule has 0 unspecified atom stereocenters. The van der Waals surface area contributed by atoms with Gasteiger partial charge in [0.2, 0.25) is 5.89 Å². The Hall–Kier alpha value is -3.02. The number of ether oxygens (including phenoxy) is 1. The van der Waals surface area contributed by atoms with E-state index in [0.717, 1.165) is 6.42 Å². The highest BCUT2D eigenvalue weighted by atomic mass is 35.5. The van der Waals surface area contributed by atoms with Crippen molar-refractivity contribution in [3.8, 4) is 17.2 Å². The Morgan fingerprint density at radius 3 is 2.59 bits per heavy atom. The highest BCUT2D eigenvalue weighted by Gasteiger charge is 2.13. The van der Waals surface area contributed by atoms with Crippen LogP contribution in [0.25, 0.3) is 22.6 Å². The maximum absolute atomic E-state index is 12.3. The van der Waals surface area contributed by atoms with Gasteiger partial charge in [0.25, 0.3) is 5.91 Å². The van der Waals surface area contributed by atoms with Gasteiger partial charge in [0.15, 0.2) is 12.2 Å². The van der Waals surface area contributed by atoms with Crippen molar-refractivity contribution in [2.24, 2.45) is 0 Å². The topological polar surface area (TPSA) is 64.4 Å². The minimum atomic E-state index is -0.264. The number of nitrogens with zero attached hydrogens (tertiary/aromatic N) is 1. The first kappa shape index (κ1) is 22.2. The first-order chi connectivity index (χ1) is 15.4. The van der Waals surface area contributed by atoms with Crippen molar-refractivity contribution in [2.45, 2.75) is 26.2 Å². The summed E-state index contributed by atoms with van der Waals surface area (Å²) in [5, 5.41) is 3.81. The Balaban J connectivity index is 1.41. The van der Waals surface area contributed by atoms with Crippen LogP contribution in [0.15, 0.2) is 65.1 Å². The van der Waals surface area contributed by atoms with Gasteiger partial charge in [0.05, 0.1) is 10.6 Å². The number of nitrogens with one attached hydrogen (secondary N) is 1. The molecule has 7 heteroatoms. The molecular formula is C25H22Cl2N2O3. The van der Waals surface area contributed by atoms with Gasteiger partial charge in [-0.25, -0.2) is 4.98 Å². The smallest absolute Gasteiger partial charge is 0.262 e. The molecule has 3 aromatic carbocycles. The highest BCUT2D eigenvalue weighted by molar-refractivity contribution is 6.36. The summed E-state index contributed by atoms with van der Waals surface area (Å²) in [7, 11) is 0.